The summed E-state index contributed by atoms with van der Waals surface area (Å²) >= 11 is 0. The first-order chi connectivity index (χ1) is 8.19. The minimum absolute atomic E-state index is 0.120. The molecule has 1 amide bonds. The maximum absolute atomic E-state index is 11.7. The van der Waals surface area contributed by atoms with Crippen LogP contribution in [-0.4, -0.2) is 33.6 Å². The molecule has 6 heteroatoms. The van der Waals surface area contributed by atoms with E-state index in [1.54, 1.807) is 45.5 Å². The number of carbonyl (C=O) groups excluding carboxylic acids is 2. The van der Waals surface area contributed by atoms with Crippen LogP contribution >= 0.6 is 0 Å². The van der Waals surface area contributed by atoms with Gasteiger partial charge in [0.2, 0.25) is 5.78 Å². The lowest BCUT2D eigenvalue weighted by atomic mass is 10.2. The third-order valence-electron chi connectivity index (χ3n) is 2.19. The van der Waals surface area contributed by atoms with Crippen LogP contribution in [-0.2, 0) is 11.8 Å². The number of hydrogen-bond donors (Lipinski definition) is 1. The Hall–Kier alpha value is -1.85. The molecule has 0 aliphatic rings. The Morgan fingerprint density at radius 2 is 2.06 bits per heavy atom. The number of carbonyl (C=O) groups is 2. The first-order valence-corrected chi connectivity index (χ1v) is 5.69. The van der Waals surface area contributed by atoms with Crippen molar-refractivity contribution in [2.24, 2.45) is 7.05 Å². The Morgan fingerprint density at radius 3 is 2.50 bits per heavy atom. The standard InChI is InChI=1S/C12H19N3O3/c1-8-14-9(7-15(8)5)10(16)6-13-11(17)18-12(2,3)4/h7H,6H2,1-5H3,(H,13,17). The molecule has 0 atom stereocenters. The van der Waals surface area contributed by atoms with Crippen LogP contribution in [0.4, 0.5) is 4.79 Å². The van der Waals surface area contributed by atoms with Crippen molar-refractivity contribution in [1.29, 1.82) is 0 Å². The van der Waals surface area contributed by atoms with Crippen molar-refractivity contribution in [3.63, 3.8) is 0 Å². The predicted molar refractivity (Wildman–Crippen MR) is 66.5 cm³/mol. The van der Waals surface area contributed by atoms with E-state index in [0.717, 1.165) is 5.82 Å². The fraction of sp³-hybridized carbons (Fsp3) is 0.583. The Labute approximate surface area is 106 Å². The summed E-state index contributed by atoms with van der Waals surface area (Å²) < 4.78 is 6.78. The summed E-state index contributed by atoms with van der Waals surface area (Å²) in [4.78, 5) is 27.2. The largest absolute Gasteiger partial charge is 0.444 e. The van der Waals surface area contributed by atoms with Crippen LogP contribution in [0.3, 0.4) is 0 Å². The molecular weight excluding hydrogens is 234 g/mol. The van der Waals surface area contributed by atoms with Gasteiger partial charge in [0.1, 0.15) is 17.1 Å². The number of aromatic nitrogens is 2. The molecule has 0 unspecified atom stereocenters. The third-order valence-corrected chi connectivity index (χ3v) is 2.19. The number of aryl methyl sites for hydroxylation is 2. The van der Waals surface area contributed by atoms with Crippen LogP contribution in [0.2, 0.25) is 0 Å². The summed E-state index contributed by atoms with van der Waals surface area (Å²) in [7, 11) is 1.81. The van der Waals surface area contributed by atoms with E-state index >= 15 is 0 Å². The van der Waals surface area contributed by atoms with E-state index in [4.69, 9.17) is 4.74 Å². The summed E-state index contributed by atoms with van der Waals surface area (Å²) in [6.07, 6.45) is 1.03. The number of rotatable bonds is 3. The number of alkyl carbamates (subject to hydrolysis) is 1. The number of nitrogens with one attached hydrogen (secondary N) is 1. The summed E-state index contributed by atoms with van der Waals surface area (Å²) in [6, 6.07) is 0. The summed E-state index contributed by atoms with van der Waals surface area (Å²) in [6.45, 7) is 6.97. The molecule has 0 saturated carbocycles. The van der Waals surface area contributed by atoms with Gasteiger partial charge in [-0.05, 0) is 27.7 Å². The maximum atomic E-state index is 11.7. The van der Waals surface area contributed by atoms with Gasteiger partial charge in [-0.25, -0.2) is 9.78 Å². The highest BCUT2D eigenvalue weighted by Gasteiger charge is 2.17. The molecule has 0 fully saturated rings. The van der Waals surface area contributed by atoms with E-state index in [2.05, 4.69) is 10.3 Å². The molecule has 0 radical (unpaired) electrons. The maximum Gasteiger partial charge on any atom is 0.408 e. The fourth-order valence-corrected chi connectivity index (χ4v) is 1.25. The monoisotopic (exact) mass is 253 g/mol. The molecule has 1 aromatic heterocycles. The van der Waals surface area contributed by atoms with Gasteiger partial charge in [-0.15, -0.1) is 0 Å². The van der Waals surface area contributed by atoms with Gasteiger partial charge in [-0.2, -0.15) is 0 Å². The Balaban J connectivity index is 2.49. The van der Waals surface area contributed by atoms with Crippen LogP contribution in [0.15, 0.2) is 6.20 Å². The zero-order chi connectivity index (χ0) is 13.9. The second-order valence-electron chi connectivity index (χ2n) is 5.06. The number of imidazole rings is 1. The molecule has 6 nitrogen and oxygen atoms in total. The van der Waals surface area contributed by atoms with E-state index in [1.807, 2.05) is 0 Å². The number of amides is 1. The Bertz CT molecular complexity index is 438. The molecule has 0 aliphatic carbocycles. The highest BCUT2D eigenvalue weighted by molar-refractivity contribution is 5.97. The molecule has 0 bridgehead atoms. The second kappa shape index (κ2) is 5.20. The number of Topliss-reactive ketones (excluding diaryl/α,β-unsaturated/α-hetero) is 1. The number of nitrogens with zero attached hydrogens (tertiary/aromatic N) is 2. The Kier molecular flexibility index (Phi) is 4.11. The summed E-state index contributed by atoms with van der Waals surface area (Å²) in [5, 5.41) is 2.41. The van der Waals surface area contributed by atoms with Gasteiger partial charge in [0.15, 0.2) is 0 Å². The first kappa shape index (κ1) is 14.2. The molecule has 0 aromatic carbocycles. The quantitative estimate of drug-likeness (QED) is 0.827. The molecule has 1 rings (SSSR count). The fourth-order valence-electron chi connectivity index (χ4n) is 1.25. The number of hydrogen-bond acceptors (Lipinski definition) is 4. The zero-order valence-electron chi connectivity index (χ0n) is 11.4. The highest BCUT2D eigenvalue weighted by Crippen LogP contribution is 2.06. The van der Waals surface area contributed by atoms with Crippen molar-refractivity contribution in [1.82, 2.24) is 14.9 Å². The van der Waals surface area contributed by atoms with Crippen LogP contribution in [0.1, 0.15) is 37.1 Å². The van der Waals surface area contributed by atoms with Gasteiger partial charge in [0.25, 0.3) is 0 Å². The average molecular weight is 253 g/mol. The van der Waals surface area contributed by atoms with Gasteiger partial charge in [-0.3, -0.25) is 4.79 Å². The van der Waals surface area contributed by atoms with Crippen molar-refractivity contribution < 1.29 is 14.3 Å². The first-order valence-electron chi connectivity index (χ1n) is 5.69. The van der Waals surface area contributed by atoms with Gasteiger partial charge in [0, 0.05) is 13.2 Å². The van der Waals surface area contributed by atoms with Crippen molar-refractivity contribution in [3.05, 3.63) is 17.7 Å². The van der Waals surface area contributed by atoms with Crippen molar-refractivity contribution >= 4 is 11.9 Å². The molecule has 1 heterocycles. The zero-order valence-corrected chi connectivity index (χ0v) is 11.4. The highest BCUT2D eigenvalue weighted by atomic mass is 16.6. The van der Waals surface area contributed by atoms with E-state index in [9.17, 15) is 9.59 Å². The van der Waals surface area contributed by atoms with Crippen molar-refractivity contribution in [2.75, 3.05) is 6.54 Å². The smallest absolute Gasteiger partial charge is 0.408 e. The number of ether oxygens (including phenoxy) is 1. The second-order valence-corrected chi connectivity index (χ2v) is 5.06. The van der Waals surface area contributed by atoms with E-state index in [-0.39, 0.29) is 12.3 Å². The third kappa shape index (κ3) is 4.20. The van der Waals surface area contributed by atoms with Crippen molar-refractivity contribution in [3.8, 4) is 0 Å². The predicted octanol–water partition coefficient (Wildman–Crippen LogP) is 1.44. The Morgan fingerprint density at radius 1 is 1.44 bits per heavy atom. The van der Waals surface area contributed by atoms with E-state index in [0.29, 0.717) is 5.69 Å². The van der Waals surface area contributed by atoms with E-state index in [1.165, 1.54) is 0 Å². The van der Waals surface area contributed by atoms with E-state index < -0.39 is 11.7 Å². The van der Waals surface area contributed by atoms with Crippen LogP contribution in [0.5, 0.6) is 0 Å². The summed E-state index contributed by atoms with van der Waals surface area (Å²) in [5.74, 6) is 0.500. The normalized spacial score (nSPS) is 11.2. The van der Waals surface area contributed by atoms with Crippen LogP contribution in [0, 0.1) is 6.92 Å². The lowest BCUT2D eigenvalue weighted by Crippen LogP contribution is -2.35. The average Bonchev–Trinajstić information content (AvgIpc) is 2.53. The van der Waals surface area contributed by atoms with Gasteiger partial charge in [0.05, 0.1) is 6.54 Å². The number of ketones is 1. The topological polar surface area (TPSA) is 73.2 Å². The summed E-state index contributed by atoms with van der Waals surface area (Å²) in [5.41, 5.74) is -0.236. The molecule has 18 heavy (non-hydrogen) atoms. The molecule has 1 aromatic rings. The SMILES string of the molecule is Cc1nc(C(=O)CNC(=O)OC(C)(C)C)cn1C. The van der Waals surface area contributed by atoms with Crippen LogP contribution in [0.25, 0.3) is 0 Å². The molecule has 1 N–H and O–H groups in total. The van der Waals surface area contributed by atoms with Gasteiger partial charge >= 0.3 is 6.09 Å². The van der Waals surface area contributed by atoms with Gasteiger partial charge in [-0.1, -0.05) is 0 Å². The van der Waals surface area contributed by atoms with Gasteiger partial charge < -0.3 is 14.6 Å². The lowest BCUT2D eigenvalue weighted by molar-refractivity contribution is 0.0520. The molecular formula is C12H19N3O3. The minimum atomic E-state index is -0.608. The minimum Gasteiger partial charge on any atom is -0.444 e. The van der Waals surface area contributed by atoms with Crippen LogP contribution < -0.4 is 5.32 Å². The molecule has 0 aliphatic heterocycles. The molecule has 0 spiro atoms. The lowest BCUT2D eigenvalue weighted by Gasteiger charge is -2.19. The van der Waals surface area contributed by atoms with Crippen molar-refractivity contribution in [2.45, 2.75) is 33.3 Å². The molecule has 0 saturated heterocycles. The molecule has 100 valence electrons.